The predicted molar refractivity (Wildman–Crippen MR) is 139 cm³/mol. The molecule has 0 atom stereocenters. The van der Waals surface area contributed by atoms with Gasteiger partial charge in [-0.05, 0) is 48.4 Å². The van der Waals surface area contributed by atoms with Crippen molar-refractivity contribution in [3.05, 3.63) is 82.5 Å². The highest BCUT2D eigenvalue weighted by Gasteiger charge is 2.28. The Morgan fingerprint density at radius 3 is 2.46 bits per heavy atom. The number of nitrogens with zero attached hydrogens (tertiary/aromatic N) is 4. The van der Waals surface area contributed by atoms with Crippen molar-refractivity contribution in [2.45, 2.75) is 19.8 Å². The monoisotopic (exact) mass is 502 g/mol. The number of nitrogens with one attached hydrogen (secondary N) is 2. The molecule has 37 heavy (non-hydrogen) atoms. The normalized spacial score (nSPS) is 11.7. The van der Waals surface area contributed by atoms with Crippen LogP contribution in [0.5, 0.6) is 0 Å². The van der Waals surface area contributed by atoms with Crippen molar-refractivity contribution >= 4 is 33.8 Å². The maximum absolute atomic E-state index is 14.3. The number of aromatic nitrogens is 4. The molecule has 0 unspecified atom stereocenters. The molecule has 3 heterocycles. The molecule has 2 amide bonds. The number of amides is 2. The van der Waals surface area contributed by atoms with E-state index in [2.05, 4.69) is 20.6 Å². The van der Waals surface area contributed by atoms with Gasteiger partial charge in [-0.1, -0.05) is 18.2 Å². The molecule has 2 aromatic carbocycles. The number of fused-ring (bicyclic) bond motifs is 3. The number of halogens is 2. The van der Waals surface area contributed by atoms with Gasteiger partial charge < -0.3 is 5.32 Å². The standard InChI is InChI=1S/C27H24F2N6O2/c1-15-19(27(2,28)29)6-5-7-21(15)35-24-18-12-16(17-9-11-23(32-13-17)33-25(36)30-3)8-10-20(18)31-14-22(24)34(4)26(35)37/h5-14H,1-4H3,(H2,30,32,33,36). The van der Waals surface area contributed by atoms with Crippen molar-refractivity contribution in [3.63, 3.8) is 0 Å². The Morgan fingerprint density at radius 2 is 1.78 bits per heavy atom. The third-order valence-electron chi connectivity index (χ3n) is 6.47. The molecule has 0 saturated heterocycles. The van der Waals surface area contributed by atoms with Gasteiger partial charge in [0.15, 0.2) is 0 Å². The van der Waals surface area contributed by atoms with Gasteiger partial charge in [-0.25, -0.2) is 23.4 Å². The van der Waals surface area contributed by atoms with Gasteiger partial charge in [0.05, 0.1) is 28.4 Å². The highest BCUT2D eigenvalue weighted by atomic mass is 19.3. The van der Waals surface area contributed by atoms with Crippen LogP contribution in [0.3, 0.4) is 0 Å². The quantitative estimate of drug-likeness (QED) is 0.357. The third-order valence-corrected chi connectivity index (χ3v) is 6.47. The third kappa shape index (κ3) is 4.10. The minimum atomic E-state index is -3.06. The van der Waals surface area contributed by atoms with Gasteiger partial charge >= 0.3 is 11.7 Å². The van der Waals surface area contributed by atoms with Crippen molar-refractivity contribution < 1.29 is 13.6 Å². The van der Waals surface area contributed by atoms with Crippen LogP contribution in [0.2, 0.25) is 0 Å². The van der Waals surface area contributed by atoms with E-state index in [0.29, 0.717) is 39.0 Å². The van der Waals surface area contributed by atoms with Gasteiger partial charge in [-0.15, -0.1) is 0 Å². The summed E-state index contributed by atoms with van der Waals surface area (Å²) in [5.74, 6) is -2.66. The minimum Gasteiger partial charge on any atom is -0.341 e. The summed E-state index contributed by atoms with van der Waals surface area (Å²) >= 11 is 0. The molecular weight excluding hydrogens is 478 g/mol. The van der Waals surface area contributed by atoms with Crippen LogP contribution >= 0.6 is 0 Å². The van der Waals surface area contributed by atoms with Crippen LogP contribution < -0.4 is 16.3 Å². The number of alkyl halides is 2. The number of aryl methyl sites for hydroxylation is 1. The van der Waals surface area contributed by atoms with Gasteiger partial charge in [-0.2, -0.15) is 0 Å². The van der Waals surface area contributed by atoms with E-state index in [-0.39, 0.29) is 17.3 Å². The number of benzene rings is 2. The molecule has 3 aromatic heterocycles. The van der Waals surface area contributed by atoms with E-state index in [4.69, 9.17) is 0 Å². The zero-order valence-electron chi connectivity index (χ0n) is 20.6. The predicted octanol–water partition coefficient (Wildman–Crippen LogP) is 5.11. The van der Waals surface area contributed by atoms with Crippen LogP contribution in [0.1, 0.15) is 18.1 Å². The molecule has 0 fully saturated rings. The molecule has 0 saturated carbocycles. The van der Waals surface area contributed by atoms with E-state index in [1.165, 1.54) is 28.3 Å². The fraction of sp³-hybridized carbons (Fsp3) is 0.185. The first-order valence-corrected chi connectivity index (χ1v) is 11.5. The van der Waals surface area contributed by atoms with Crippen LogP contribution in [-0.2, 0) is 13.0 Å². The summed E-state index contributed by atoms with van der Waals surface area (Å²) in [4.78, 5) is 33.8. The first kappa shape index (κ1) is 24.1. The largest absolute Gasteiger partial charge is 0.341 e. The molecule has 10 heteroatoms. The van der Waals surface area contributed by atoms with Crippen molar-refractivity contribution in [2.24, 2.45) is 7.05 Å². The molecule has 0 aliphatic rings. The Hall–Kier alpha value is -4.60. The molecule has 2 N–H and O–H groups in total. The van der Waals surface area contributed by atoms with Crippen molar-refractivity contribution in [3.8, 4) is 16.8 Å². The van der Waals surface area contributed by atoms with Crippen molar-refractivity contribution in [1.29, 1.82) is 0 Å². The summed E-state index contributed by atoms with van der Waals surface area (Å²) in [7, 11) is 3.15. The summed E-state index contributed by atoms with van der Waals surface area (Å²) in [6.07, 6.45) is 3.25. The maximum atomic E-state index is 14.3. The second-order valence-corrected chi connectivity index (χ2v) is 8.88. The van der Waals surface area contributed by atoms with E-state index in [9.17, 15) is 18.4 Å². The summed E-state index contributed by atoms with van der Waals surface area (Å²) in [5.41, 5.74) is 3.62. The van der Waals surface area contributed by atoms with Gasteiger partial charge in [0.2, 0.25) is 0 Å². The Balaban J connectivity index is 1.73. The molecule has 0 aliphatic heterocycles. The average Bonchev–Trinajstić information content (AvgIpc) is 3.13. The zero-order chi connectivity index (χ0) is 26.5. The SMILES string of the molecule is CNC(=O)Nc1ccc(-c2ccc3ncc4c(c3c2)n(-c2cccc(C(C)(F)F)c2C)c(=O)n4C)cn1. The summed E-state index contributed by atoms with van der Waals surface area (Å²) in [6.45, 7) is 2.45. The van der Waals surface area contributed by atoms with Crippen LogP contribution in [0.4, 0.5) is 19.4 Å². The number of carbonyl (C=O) groups excluding carboxylic acids is 1. The van der Waals surface area contributed by atoms with Crippen LogP contribution in [-0.4, -0.2) is 32.2 Å². The van der Waals surface area contributed by atoms with E-state index < -0.39 is 5.92 Å². The van der Waals surface area contributed by atoms with E-state index in [1.54, 1.807) is 38.5 Å². The Morgan fingerprint density at radius 1 is 1.03 bits per heavy atom. The number of rotatable bonds is 4. The number of carbonyl (C=O) groups is 1. The highest BCUT2D eigenvalue weighted by Crippen LogP contribution is 2.34. The number of anilines is 1. The lowest BCUT2D eigenvalue weighted by atomic mass is 10.0. The zero-order valence-corrected chi connectivity index (χ0v) is 20.6. The number of imidazole rings is 1. The lowest BCUT2D eigenvalue weighted by Crippen LogP contribution is -2.24. The van der Waals surface area contributed by atoms with Gasteiger partial charge in [-0.3, -0.25) is 19.4 Å². The number of pyridine rings is 2. The highest BCUT2D eigenvalue weighted by molar-refractivity contribution is 6.04. The van der Waals surface area contributed by atoms with Crippen LogP contribution in [0, 0.1) is 6.92 Å². The fourth-order valence-corrected chi connectivity index (χ4v) is 4.56. The average molecular weight is 503 g/mol. The molecular formula is C27H24F2N6O2. The van der Waals surface area contributed by atoms with Crippen molar-refractivity contribution in [2.75, 3.05) is 12.4 Å². The number of hydrogen-bond donors (Lipinski definition) is 2. The smallest absolute Gasteiger partial charge is 0.333 e. The second-order valence-electron chi connectivity index (χ2n) is 8.88. The Kier molecular flexibility index (Phi) is 5.74. The Bertz CT molecular complexity index is 1730. The second kappa shape index (κ2) is 8.81. The Labute approximate surface area is 210 Å². The summed E-state index contributed by atoms with van der Waals surface area (Å²) in [6, 6.07) is 13.3. The maximum Gasteiger partial charge on any atom is 0.333 e. The first-order chi connectivity index (χ1) is 17.6. The van der Waals surface area contributed by atoms with Crippen LogP contribution in [0.25, 0.3) is 38.8 Å². The fourth-order valence-electron chi connectivity index (χ4n) is 4.56. The number of urea groups is 1. The lowest BCUT2D eigenvalue weighted by Gasteiger charge is -2.17. The van der Waals surface area contributed by atoms with Gasteiger partial charge in [0.25, 0.3) is 5.92 Å². The minimum absolute atomic E-state index is 0.135. The molecule has 5 aromatic rings. The molecule has 8 nitrogen and oxygen atoms in total. The van der Waals surface area contributed by atoms with Crippen LogP contribution in [0.15, 0.2) is 65.7 Å². The van der Waals surface area contributed by atoms with Gasteiger partial charge in [0, 0.05) is 43.7 Å². The van der Waals surface area contributed by atoms with E-state index in [1.807, 2.05) is 24.3 Å². The summed E-state index contributed by atoms with van der Waals surface area (Å²) < 4.78 is 31.6. The molecule has 188 valence electrons. The first-order valence-electron chi connectivity index (χ1n) is 11.5. The molecule has 0 spiro atoms. The van der Waals surface area contributed by atoms with Gasteiger partial charge in [0.1, 0.15) is 5.82 Å². The van der Waals surface area contributed by atoms with E-state index in [0.717, 1.165) is 18.1 Å². The topological polar surface area (TPSA) is 93.8 Å². The lowest BCUT2D eigenvalue weighted by molar-refractivity contribution is 0.0168. The summed E-state index contributed by atoms with van der Waals surface area (Å²) in [5, 5.41) is 5.77. The number of hydrogen-bond acceptors (Lipinski definition) is 4. The molecule has 5 rings (SSSR count). The molecule has 0 aliphatic carbocycles. The molecule has 0 bridgehead atoms. The molecule has 0 radical (unpaired) electrons. The van der Waals surface area contributed by atoms with Crippen molar-refractivity contribution in [1.82, 2.24) is 24.4 Å². The van der Waals surface area contributed by atoms with E-state index >= 15 is 0 Å².